The standard InChI is InChI=1S/C18H28N2O4.ClH/c1-13-15(23-3)9-14(10-16(13)24-4)17(21)20-11-18(12-22-2)5-7-19-8-6-18;/h9-10,19H,5-8,11-12H2,1-4H3,(H,20,21);1H. The summed E-state index contributed by atoms with van der Waals surface area (Å²) < 4.78 is 16.1. The average molecular weight is 373 g/mol. The van der Waals surface area contributed by atoms with E-state index in [0.29, 0.717) is 30.2 Å². The van der Waals surface area contributed by atoms with E-state index in [4.69, 9.17) is 14.2 Å². The number of hydrogen-bond acceptors (Lipinski definition) is 5. The first-order valence-electron chi connectivity index (χ1n) is 8.26. The van der Waals surface area contributed by atoms with Crippen LogP contribution in [0.3, 0.4) is 0 Å². The van der Waals surface area contributed by atoms with Crippen LogP contribution in [0.5, 0.6) is 11.5 Å². The molecule has 7 heteroatoms. The van der Waals surface area contributed by atoms with Crippen LogP contribution in [0.2, 0.25) is 0 Å². The molecule has 1 aliphatic rings. The van der Waals surface area contributed by atoms with Crippen LogP contribution in [0.15, 0.2) is 12.1 Å². The summed E-state index contributed by atoms with van der Waals surface area (Å²) in [5.41, 5.74) is 1.41. The van der Waals surface area contributed by atoms with E-state index in [1.54, 1.807) is 33.5 Å². The molecular weight excluding hydrogens is 344 g/mol. The number of methoxy groups -OCH3 is 3. The molecule has 0 saturated carbocycles. The Hall–Kier alpha value is -1.50. The number of ether oxygens (including phenoxy) is 3. The van der Waals surface area contributed by atoms with Crippen molar-refractivity contribution in [3.63, 3.8) is 0 Å². The Bertz CT molecular complexity index is 544. The van der Waals surface area contributed by atoms with E-state index in [9.17, 15) is 4.79 Å². The molecule has 1 heterocycles. The molecule has 1 aromatic rings. The van der Waals surface area contributed by atoms with Crippen LogP contribution in [-0.4, -0.2) is 53.5 Å². The summed E-state index contributed by atoms with van der Waals surface area (Å²) in [5.74, 6) is 1.17. The van der Waals surface area contributed by atoms with E-state index in [1.807, 2.05) is 6.92 Å². The molecule has 0 bridgehead atoms. The van der Waals surface area contributed by atoms with E-state index in [0.717, 1.165) is 31.5 Å². The lowest BCUT2D eigenvalue weighted by atomic mass is 9.79. The Morgan fingerprint density at radius 1 is 1.16 bits per heavy atom. The molecule has 1 saturated heterocycles. The highest BCUT2D eigenvalue weighted by atomic mass is 35.5. The predicted octanol–water partition coefficient (Wildman–Crippen LogP) is 2.18. The van der Waals surface area contributed by atoms with Gasteiger partial charge in [0.2, 0.25) is 0 Å². The first-order chi connectivity index (χ1) is 11.5. The zero-order valence-electron chi connectivity index (χ0n) is 15.4. The third-order valence-corrected chi connectivity index (χ3v) is 4.75. The number of piperidine rings is 1. The highest BCUT2D eigenvalue weighted by Gasteiger charge is 2.32. The van der Waals surface area contributed by atoms with E-state index in [2.05, 4.69) is 10.6 Å². The maximum Gasteiger partial charge on any atom is 0.251 e. The van der Waals surface area contributed by atoms with Crippen molar-refractivity contribution in [1.29, 1.82) is 0 Å². The molecule has 2 rings (SSSR count). The second-order valence-corrected chi connectivity index (χ2v) is 6.37. The topological polar surface area (TPSA) is 68.8 Å². The molecule has 0 unspecified atom stereocenters. The fourth-order valence-electron chi connectivity index (χ4n) is 3.22. The fourth-order valence-corrected chi connectivity index (χ4v) is 3.22. The van der Waals surface area contributed by atoms with Gasteiger partial charge in [-0.05, 0) is 45.0 Å². The summed E-state index contributed by atoms with van der Waals surface area (Å²) in [5, 5.41) is 6.41. The van der Waals surface area contributed by atoms with Gasteiger partial charge in [-0.1, -0.05) is 0 Å². The zero-order valence-corrected chi connectivity index (χ0v) is 16.3. The molecule has 25 heavy (non-hydrogen) atoms. The number of benzene rings is 1. The molecule has 142 valence electrons. The molecule has 0 aliphatic carbocycles. The number of halogens is 1. The Morgan fingerprint density at radius 3 is 2.20 bits per heavy atom. The second-order valence-electron chi connectivity index (χ2n) is 6.37. The van der Waals surface area contributed by atoms with E-state index >= 15 is 0 Å². The molecule has 1 aliphatic heterocycles. The molecule has 0 aromatic heterocycles. The van der Waals surface area contributed by atoms with E-state index < -0.39 is 0 Å². The summed E-state index contributed by atoms with van der Waals surface area (Å²) in [6.45, 7) is 5.05. The minimum Gasteiger partial charge on any atom is -0.496 e. The molecule has 1 fully saturated rings. The summed E-state index contributed by atoms with van der Waals surface area (Å²) in [6, 6.07) is 3.50. The Labute approximate surface area is 156 Å². The fraction of sp³-hybridized carbons (Fsp3) is 0.611. The van der Waals surface area contributed by atoms with Gasteiger partial charge in [-0.2, -0.15) is 0 Å². The third-order valence-electron chi connectivity index (χ3n) is 4.75. The number of hydrogen-bond donors (Lipinski definition) is 2. The minimum atomic E-state index is -0.124. The predicted molar refractivity (Wildman–Crippen MR) is 100 cm³/mol. The molecule has 1 amide bonds. The summed E-state index contributed by atoms with van der Waals surface area (Å²) in [4.78, 5) is 12.6. The normalized spacial score (nSPS) is 15.8. The maximum absolute atomic E-state index is 12.6. The number of amides is 1. The first-order valence-corrected chi connectivity index (χ1v) is 8.26. The smallest absolute Gasteiger partial charge is 0.251 e. The number of rotatable bonds is 7. The van der Waals surface area contributed by atoms with Gasteiger partial charge in [0.25, 0.3) is 5.91 Å². The van der Waals surface area contributed by atoms with Crippen molar-refractivity contribution in [2.45, 2.75) is 19.8 Å². The van der Waals surface area contributed by atoms with Crippen molar-refractivity contribution < 1.29 is 19.0 Å². The summed E-state index contributed by atoms with van der Waals surface area (Å²) in [7, 11) is 4.89. The van der Waals surface area contributed by atoms with Gasteiger partial charge in [0.05, 0.1) is 20.8 Å². The average Bonchev–Trinajstić information content (AvgIpc) is 2.61. The van der Waals surface area contributed by atoms with Crippen molar-refractivity contribution in [3.8, 4) is 11.5 Å². The third kappa shape index (κ3) is 5.23. The molecule has 2 N–H and O–H groups in total. The van der Waals surface area contributed by atoms with E-state index in [1.165, 1.54) is 0 Å². The van der Waals surface area contributed by atoms with Gasteiger partial charge >= 0.3 is 0 Å². The highest BCUT2D eigenvalue weighted by molar-refractivity contribution is 5.95. The molecule has 0 radical (unpaired) electrons. The van der Waals surface area contributed by atoms with Gasteiger partial charge in [0.15, 0.2) is 0 Å². The molecule has 0 spiro atoms. The van der Waals surface area contributed by atoms with Gasteiger partial charge in [-0.15, -0.1) is 12.4 Å². The number of nitrogens with one attached hydrogen (secondary N) is 2. The van der Waals surface area contributed by atoms with Crippen LogP contribution in [0.4, 0.5) is 0 Å². The lowest BCUT2D eigenvalue weighted by molar-refractivity contribution is 0.0511. The first kappa shape index (κ1) is 21.5. The van der Waals surface area contributed by atoms with Gasteiger partial charge in [0.1, 0.15) is 11.5 Å². The molecule has 1 aromatic carbocycles. The lowest BCUT2D eigenvalue weighted by Gasteiger charge is -2.37. The Kier molecular flexibility index (Phi) is 8.48. The number of carbonyl (C=O) groups excluding carboxylic acids is 1. The van der Waals surface area contributed by atoms with Crippen LogP contribution in [-0.2, 0) is 4.74 Å². The second kappa shape index (κ2) is 9.85. The van der Waals surface area contributed by atoms with Gasteiger partial charge in [0, 0.05) is 30.2 Å². The van der Waals surface area contributed by atoms with Gasteiger partial charge in [-0.25, -0.2) is 0 Å². The van der Waals surface area contributed by atoms with Crippen molar-refractivity contribution in [2.75, 3.05) is 47.6 Å². The highest BCUT2D eigenvalue weighted by Crippen LogP contribution is 2.30. The van der Waals surface area contributed by atoms with Crippen LogP contribution in [0, 0.1) is 12.3 Å². The van der Waals surface area contributed by atoms with Crippen molar-refractivity contribution in [3.05, 3.63) is 23.3 Å². The van der Waals surface area contributed by atoms with Crippen molar-refractivity contribution in [1.82, 2.24) is 10.6 Å². The quantitative estimate of drug-likeness (QED) is 0.767. The Balaban J connectivity index is 0.00000312. The molecule has 0 atom stereocenters. The summed E-state index contributed by atoms with van der Waals surface area (Å²) >= 11 is 0. The van der Waals surface area contributed by atoms with Crippen LogP contribution in [0.25, 0.3) is 0 Å². The van der Waals surface area contributed by atoms with Crippen LogP contribution < -0.4 is 20.1 Å². The lowest BCUT2D eigenvalue weighted by Crippen LogP contribution is -2.47. The van der Waals surface area contributed by atoms with Crippen LogP contribution >= 0.6 is 12.4 Å². The van der Waals surface area contributed by atoms with Crippen LogP contribution in [0.1, 0.15) is 28.8 Å². The zero-order chi connectivity index (χ0) is 17.6. The molecular formula is C18H29ClN2O4. The minimum absolute atomic E-state index is 0. The van der Waals surface area contributed by atoms with E-state index in [-0.39, 0.29) is 23.7 Å². The SMILES string of the molecule is COCC1(CNC(=O)c2cc(OC)c(C)c(OC)c2)CCNCC1.Cl. The Morgan fingerprint density at radius 2 is 1.72 bits per heavy atom. The summed E-state index contributed by atoms with van der Waals surface area (Å²) in [6.07, 6.45) is 1.98. The molecule has 6 nitrogen and oxygen atoms in total. The van der Waals surface area contributed by atoms with Gasteiger partial charge < -0.3 is 24.8 Å². The van der Waals surface area contributed by atoms with Gasteiger partial charge in [-0.3, -0.25) is 4.79 Å². The maximum atomic E-state index is 12.6. The largest absolute Gasteiger partial charge is 0.496 e. The van der Waals surface area contributed by atoms with Crippen molar-refractivity contribution >= 4 is 18.3 Å². The number of carbonyl (C=O) groups is 1. The van der Waals surface area contributed by atoms with Crippen molar-refractivity contribution in [2.24, 2.45) is 5.41 Å². The monoisotopic (exact) mass is 372 g/mol.